The Bertz CT molecular complexity index is 5010. The Hall–Kier alpha value is -10.3. The van der Waals surface area contributed by atoms with Crippen LogP contribution in [0.25, 0.3) is 0 Å². The third-order valence-corrected chi connectivity index (χ3v) is 20.5. The van der Waals surface area contributed by atoms with Crippen LogP contribution >= 0.6 is 11.6 Å². The van der Waals surface area contributed by atoms with Gasteiger partial charge in [0.05, 0.1) is 47.7 Å². The van der Waals surface area contributed by atoms with E-state index in [-0.39, 0.29) is 105 Å². The van der Waals surface area contributed by atoms with Gasteiger partial charge in [-0.2, -0.15) is 8.78 Å². The molecule has 0 bridgehead atoms. The summed E-state index contributed by atoms with van der Waals surface area (Å²) in [5, 5.41) is 0.720. The standard InChI is InChI=1S/C13H18O.C12H15F3O.C11H15ClO.C11H13F3O.C11H14F2O.C11H15FO.4C11H16O.3CH4/c1-5-12(14)10-7-6-8-11(9-10)13(2,3)4;1-8-5-9(11(2,3)4)7-10(6-8)16-12(13,14)15;1-11(2,3)8-6-5-7-9(13-4)10(8)12;1-10(2,3)8-6-4-5-7-9(8)15-11(12,13)14;1-11(2,3)8-4-6-9(7-5-8)14-10(12)13;1-11(2,3)9-6-5-8(13-4)7-10(9)12;1-11(2,3)9-5-7-10(12-4)8-6-9;2*1-11(2,3)9-6-5-7-10(8-9)12-4;1-11(2,3)9-7-5-6-8-10(9)12-4;;;/h6-9H,5H2,1-4H3;5-7H,1-4H3;5-7H,1-4H3;4-7H,1-3H3;4-7,10H,1-3H3;5-7H,1-4H3;4*5-8H,1-4H3;3*1H4. The highest BCUT2D eigenvalue weighted by Crippen LogP contribution is 2.39. The van der Waals surface area contributed by atoms with Crippen LogP contribution in [0.2, 0.25) is 5.02 Å². The zero-order valence-corrected chi connectivity index (χ0v) is 87.3. The third-order valence-electron chi connectivity index (χ3n) is 20.1. The van der Waals surface area contributed by atoms with Crippen LogP contribution in [-0.4, -0.2) is 67.8 Å². The number of benzene rings is 10. The van der Waals surface area contributed by atoms with Gasteiger partial charge in [-0.25, -0.2) is 4.39 Å². The van der Waals surface area contributed by atoms with E-state index < -0.39 is 19.3 Å². The lowest BCUT2D eigenvalue weighted by Crippen LogP contribution is -2.21. The lowest BCUT2D eigenvalue weighted by molar-refractivity contribution is -0.275. The minimum atomic E-state index is -4.64. The highest BCUT2D eigenvalue weighted by molar-refractivity contribution is 6.33. The molecule has 10 aromatic carbocycles. The van der Waals surface area contributed by atoms with Crippen LogP contribution in [0.5, 0.6) is 51.7 Å². The summed E-state index contributed by atoms with van der Waals surface area (Å²) in [6, 6.07) is 69.1. The van der Waals surface area contributed by atoms with Crippen molar-refractivity contribution in [1.82, 2.24) is 0 Å². The second kappa shape index (κ2) is 56.6. The lowest BCUT2D eigenvalue weighted by Gasteiger charge is -2.22. The normalized spacial score (nSPS) is 11.5. The maximum Gasteiger partial charge on any atom is 0.573 e. The van der Waals surface area contributed by atoms with Gasteiger partial charge in [0.2, 0.25) is 0 Å². The van der Waals surface area contributed by atoms with Crippen molar-refractivity contribution in [2.75, 3.05) is 42.7 Å². The van der Waals surface area contributed by atoms with Crippen LogP contribution in [-0.2, 0) is 54.1 Å². The summed E-state index contributed by atoms with van der Waals surface area (Å²) < 4.78 is 152. The number of carbonyl (C=O) groups excluding carboxylic acids is 1. The number of aryl methyl sites for hydroxylation is 1. The van der Waals surface area contributed by atoms with E-state index in [9.17, 15) is 44.3 Å². The minimum absolute atomic E-state index is 0. The quantitative estimate of drug-likeness (QED) is 0.0868. The molecule has 20 heteroatoms. The molecular weight excluding hydrogens is 1760 g/mol. The Balaban J connectivity index is -0.00000144. The van der Waals surface area contributed by atoms with Crippen molar-refractivity contribution in [2.24, 2.45) is 0 Å². The second-order valence-corrected chi connectivity index (χ2v) is 42.3. The monoisotopic (exact) mass is 1930 g/mol. The number of hydrogen-bond acceptors (Lipinski definition) is 10. The molecule has 0 aliphatic carbocycles. The van der Waals surface area contributed by atoms with Gasteiger partial charge in [0.15, 0.2) is 5.78 Å². The van der Waals surface area contributed by atoms with E-state index in [1.54, 1.807) is 91.0 Å². The van der Waals surface area contributed by atoms with E-state index in [1.165, 1.54) is 65.3 Å². The van der Waals surface area contributed by atoms with Crippen LogP contribution in [0.15, 0.2) is 224 Å². The van der Waals surface area contributed by atoms with Crippen molar-refractivity contribution in [3.05, 3.63) is 302 Å². The molecule has 0 heterocycles. The summed E-state index contributed by atoms with van der Waals surface area (Å²) in [7, 11) is 9.96. The van der Waals surface area contributed by atoms with Crippen LogP contribution in [0.1, 0.15) is 315 Å². The van der Waals surface area contributed by atoms with Crippen molar-refractivity contribution in [2.45, 2.75) is 324 Å². The molecule has 760 valence electrons. The van der Waals surface area contributed by atoms with Gasteiger partial charge in [-0.05, 0) is 213 Å². The molecule has 0 saturated heterocycles. The molecular formula is C116H166ClF9O10. The predicted octanol–water partition coefficient (Wildman–Crippen LogP) is 35.9. The van der Waals surface area contributed by atoms with Gasteiger partial charge in [0.25, 0.3) is 0 Å². The Morgan fingerprint density at radius 1 is 0.294 bits per heavy atom. The van der Waals surface area contributed by atoms with E-state index in [2.05, 4.69) is 208 Å². The lowest BCUT2D eigenvalue weighted by atomic mass is 9.86. The van der Waals surface area contributed by atoms with E-state index in [4.69, 9.17) is 40.0 Å². The maximum absolute atomic E-state index is 13.5. The Kier molecular flexibility index (Phi) is 54.0. The van der Waals surface area contributed by atoms with Crippen molar-refractivity contribution >= 4 is 17.4 Å². The molecule has 0 unspecified atom stereocenters. The highest BCUT2D eigenvalue weighted by atomic mass is 35.5. The summed E-state index contributed by atoms with van der Waals surface area (Å²) in [5.74, 6) is 5.00. The molecule has 10 rings (SSSR count). The van der Waals surface area contributed by atoms with Gasteiger partial charge in [-0.3, -0.25) is 4.79 Å². The maximum atomic E-state index is 13.5. The molecule has 0 saturated carbocycles. The fraction of sp³-hybridized carbons (Fsp3) is 0.474. The van der Waals surface area contributed by atoms with E-state index in [0.717, 1.165) is 61.6 Å². The number of Topliss-reactive ketones (excluding diaryl/α,β-unsaturated/α-hetero) is 1. The van der Waals surface area contributed by atoms with Crippen molar-refractivity contribution in [3.8, 4) is 51.7 Å². The van der Waals surface area contributed by atoms with Crippen LogP contribution < -0.4 is 42.6 Å². The largest absolute Gasteiger partial charge is 0.573 e. The molecule has 0 aliphatic rings. The molecule has 0 amide bonds. The SMILES string of the molecule is C.C.C.CC(C)(C)c1ccc(OC(F)F)cc1.CC(C)(C)c1ccccc1OC(F)(F)F.CCC(=O)c1cccc(C(C)(C)C)c1.COc1ccc(C(C)(C)C)c(F)c1.COc1ccc(C(C)(C)C)cc1.COc1cccc(C(C)(C)C)c1.COc1cccc(C(C)(C)C)c1.COc1cccc(C(C)(C)C)c1Cl.COc1ccccc1C(C)(C)C.Cc1cc(OC(F)(F)F)cc(C(C)(C)C)c1. The van der Waals surface area contributed by atoms with Gasteiger partial charge in [0, 0.05) is 18.1 Å². The van der Waals surface area contributed by atoms with Gasteiger partial charge in [-0.1, -0.05) is 376 Å². The first kappa shape index (κ1) is 130. The first-order chi connectivity index (χ1) is 60.7. The molecule has 0 radical (unpaired) electrons. The fourth-order valence-electron chi connectivity index (χ4n) is 12.2. The van der Waals surface area contributed by atoms with Crippen molar-refractivity contribution in [3.63, 3.8) is 0 Å². The zero-order valence-electron chi connectivity index (χ0n) is 86.5. The van der Waals surface area contributed by atoms with Gasteiger partial charge < -0.3 is 42.6 Å². The molecule has 0 aliphatic heterocycles. The summed E-state index contributed by atoms with van der Waals surface area (Å²) in [6.07, 6.45) is -8.70. The van der Waals surface area contributed by atoms with Crippen LogP contribution in [0.3, 0.4) is 0 Å². The smallest absolute Gasteiger partial charge is 0.497 e. The molecule has 0 N–H and O–H groups in total. The van der Waals surface area contributed by atoms with Gasteiger partial charge in [-0.15, -0.1) is 26.3 Å². The average Bonchev–Trinajstić information content (AvgIpc) is 0.817. The van der Waals surface area contributed by atoms with E-state index in [1.807, 2.05) is 166 Å². The van der Waals surface area contributed by atoms with Crippen LogP contribution in [0, 0.1) is 12.7 Å². The Morgan fingerprint density at radius 2 is 0.610 bits per heavy atom. The number of carbonyl (C=O) groups is 1. The second-order valence-electron chi connectivity index (χ2n) is 41.9. The summed E-state index contributed by atoms with van der Waals surface area (Å²) in [6.45, 7) is 63.6. The number of alkyl halides is 8. The minimum Gasteiger partial charge on any atom is -0.497 e. The first-order valence-electron chi connectivity index (χ1n) is 44.4. The average molecular weight is 1930 g/mol. The third kappa shape index (κ3) is 50.2. The van der Waals surface area contributed by atoms with Crippen molar-refractivity contribution < 1.29 is 86.9 Å². The molecule has 0 atom stereocenters. The molecule has 0 aromatic heterocycles. The van der Waals surface area contributed by atoms with Gasteiger partial charge in [0.1, 0.15) is 57.6 Å². The van der Waals surface area contributed by atoms with Crippen LogP contribution in [0.4, 0.5) is 39.5 Å². The number of halogens is 10. The number of hydrogen-bond donors (Lipinski definition) is 0. The number of rotatable bonds is 12. The summed E-state index contributed by atoms with van der Waals surface area (Å²) in [5.41, 5.74) is 12.6. The molecule has 136 heavy (non-hydrogen) atoms. The van der Waals surface area contributed by atoms with E-state index >= 15 is 0 Å². The number of methoxy groups -OCH3 is 6. The topological polar surface area (TPSA) is 100 Å². The van der Waals surface area contributed by atoms with Gasteiger partial charge >= 0.3 is 19.3 Å². The Labute approximate surface area is 819 Å². The highest BCUT2D eigenvalue weighted by Gasteiger charge is 2.35. The number of ketones is 1. The Morgan fingerprint density at radius 3 is 0.949 bits per heavy atom. The summed E-state index contributed by atoms with van der Waals surface area (Å²) >= 11 is 6.17. The first-order valence-corrected chi connectivity index (χ1v) is 44.7. The fourth-order valence-corrected chi connectivity index (χ4v) is 12.7. The molecule has 0 fully saturated rings. The molecule has 10 aromatic rings. The molecule has 0 spiro atoms. The van der Waals surface area contributed by atoms with Crippen molar-refractivity contribution in [1.29, 1.82) is 0 Å². The zero-order chi connectivity index (χ0) is 103. The number of ether oxygens (including phenoxy) is 9. The molecule has 10 nitrogen and oxygen atoms in total. The van der Waals surface area contributed by atoms with E-state index in [0.29, 0.717) is 23.3 Å². The number of para-hydroxylation sites is 2. The predicted molar refractivity (Wildman–Crippen MR) is 555 cm³/mol. The summed E-state index contributed by atoms with van der Waals surface area (Å²) in [4.78, 5) is 11.5.